The number of aryl methyl sites for hydroxylation is 1. The predicted octanol–water partition coefficient (Wildman–Crippen LogP) is -0.962. The first-order valence-corrected chi connectivity index (χ1v) is 5.97. The molecule has 1 aromatic heterocycles. The van der Waals surface area contributed by atoms with Crippen molar-refractivity contribution in [3.05, 3.63) is 23.5 Å². The van der Waals surface area contributed by atoms with Gasteiger partial charge in [-0.2, -0.15) is 0 Å². The van der Waals surface area contributed by atoms with Crippen LogP contribution in [-0.2, 0) is 23.2 Å². The highest BCUT2D eigenvalue weighted by molar-refractivity contribution is 5.86. The number of nitrogens with one attached hydrogen (secondary N) is 3. The summed E-state index contributed by atoms with van der Waals surface area (Å²) in [5, 5.41) is 8.42. The van der Waals surface area contributed by atoms with Crippen molar-refractivity contribution in [3.63, 3.8) is 0 Å². The highest BCUT2D eigenvalue weighted by Gasteiger charge is 2.23. The number of carbonyl (C=O) groups is 2. The van der Waals surface area contributed by atoms with Gasteiger partial charge in [0.2, 0.25) is 11.8 Å². The zero-order chi connectivity index (χ0) is 13.1. The lowest BCUT2D eigenvalue weighted by atomic mass is 10.2. The van der Waals surface area contributed by atoms with E-state index >= 15 is 0 Å². The predicted molar refractivity (Wildman–Crippen MR) is 66.8 cm³/mol. The van der Waals surface area contributed by atoms with Crippen LogP contribution in [-0.4, -0.2) is 35.5 Å². The van der Waals surface area contributed by atoms with Crippen molar-refractivity contribution in [2.75, 3.05) is 13.1 Å². The maximum Gasteiger partial charge on any atom is 0.239 e. The molecule has 0 bridgehead atoms. The Morgan fingerprint density at radius 3 is 2.89 bits per heavy atom. The number of rotatable bonds is 3. The van der Waals surface area contributed by atoms with Crippen LogP contribution in [0.15, 0.2) is 12.1 Å². The summed E-state index contributed by atoms with van der Waals surface area (Å²) in [4.78, 5) is 22.8. The Morgan fingerprint density at radius 1 is 1.56 bits per heavy atom. The Bertz CT molecular complexity index is 457. The first kappa shape index (κ1) is 12.6. The molecule has 0 aromatic carbocycles. The molecule has 2 rings (SSSR count). The van der Waals surface area contributed by atoms with Crippen molar-refractivity contribution in [1.82, 2.24) is 20.5 Å². The fraction of sp³-hybridized carbons (Fsp3) is 0.500. The lowest BCUT2D eigenvalue weighted by Gasteiger charge is -2.23. The van der Waals surface area contributed by atoms with Crippen LogP contribution in [0.4, 0.5) is 0 Å². The van der Waals surface area contributed by atoms with E-state index in [1.165, 1.54) is 0 Å². The Labute approximate surface area is 106 Å². The largest absolute Gasteiger partial charge is 0.353 e. The van der Waals surface area contributed by atoms with Gasteiger partial charge in [0.15, 0.2) is 0 Å². The number of nitrogens with zero attached hydrogens (tertiary/aromatic N) is 1. The highest BCUT2D eigenvalue weighted by atomic mass is 16.2. The molecule has 98 valence electrons. The van der Waals surface area contributed by atoms with Gasteiger partial charge >= 0.3 is 0 Å². The van der Waals surface area contributed by atoms with E-state index in [4.69, 9.17) is 0 Å². The summed E-state index contributed by atoms with van der Waals surface area (Å²) in [5.74, 6) is -0.161. The highest BCUT2D eigenvalue weighted by Crippen LogP contribution is 2.05. The van der Waals surface area contributed by atoms with Crippen LogP contribution in [0.1, 0.15) is 11.4 Å². The Morgan fingerprint density at radius 2 is 2.33 bits per heavy atom. The topological polar surface area (TPSA) is 75.2 Å². The molecule has 6 nitrogen and oxygen atoms in total. The van der Waals surface area contributed by atoms with Gasteiger partial charge in [-0.25, -0.2) is 0 Å². The van der Waals surface area contributed by atoms with Crippen LogP contribution in [0.5, 0.6) is 0 Å². The van der Waals surface area contributed by atoms with Crippen molar-refractivity contribution in [2.24, 2.45) is 7.05 Å². The van der Waals surface area contributed by atoms with E-state index in [9.17, 15) is 9.59 Å². The molecule has 1 fully saturated rings. The molecule has 1 saturated heterocycles. The second-order valence-corrected chi connectivity index (χ2v) is 4.48. The first-order valence-electron chi connectivity index (χ1n) is 5.97. The normalized spacial score (nSPS) is 19.4. The third kappa shape index (κ3) is 2.70. The standard InChI is InChI=1S/C12H18N4O2/c1-8-3-4-9(16(8)2)5-15-12(18)10-6-14-11(17)7-13-10/h3-4,10,13H,5-7H2,1-2H3,(H,14,17)(H,15,18). The summed E-state index contributed by atoms with van der Waals surface area (Å²) >= 11 is 0. The molecule has 6 heteroatoms. The summed E-state index contributed by atoms with van der Waals surface area (Å²) in [6, 6.07) is 3.66. The first-order chi connectivity index (χ1) is 8.58. The smallest absolute Gasteiger partial charge is 0.239 e. The molecule has 1 aromatic rings. The van der Waals surface area contributed by atoms with Gasteiger partial charge in [-0.1, -0.05) is 0 Å². The van der Waals surface area contributed by atoms with Crippen molar-refractivity contribution in [2.45, 2.75) is 19.5 Å². The third-order valence-corrected chi connectivity index (χ3v) is 3.25. The van der Waals surface area contributed by atoms with E-state index in [0.717, 1.165) is 11.4 Å². The lowest BCUT2D eigenvalue weighted by Crippen LogP contribution is -2.57. The van der Waals surface area contributed by atoms with E-state index in [0.29, 0.717) is 13.1 Å². The summed E-state index contributed by atoms with van der Waals surface area (Å²) < 4.78 is 2.04. The number of piperazine rings is 1. The van der Waals surface area contributed by atoms with Crippen LogP contribution in [0.25, 0.3) is 0 Å². The van der Waals surface area contributed by atoms with E-state index < -0.39 is 0 Å². The quantitative estimate of drug-likeness (QED) is 0.646. The molecule has 1 unspecified atom stereocenters. The van der Waals surface area contributed by atoms with Crippen LogP contribution < -0.4 is 16.0 Å². The SMILES string of the molecule is Cc1ccc(CNC(=O)C2CNC(=O)CN2)n1C. The zero-order valence-electron chi connectivity index (χ0n) is 10.6. The molecule has 0 spiro atoms. The molecule has 0 saturated carbocycles. The van der Waals surface area contributed by atoms with Gasteiger partial charge < -0.3 is 15.2 Å². The average molecular weight is 250 g/mol. The van der Waals surface area contributed by atoms with Crippen LogP contribution in [0.3, 0.4) is 0 Å². The van der Waals surface area contributed by atoms with Crippen LogP contribution in [0, 0.1) is 6.92 Å². The summed E-state index contributed by atoms with van der Waals surface area (Å²) in [5.41, 5.74) is 2.21. The van der Waals surface area contributed by atoms with Gasteiger partial charge in [-0.05, 0) is 19.1 Å². The van der Waals surface area contributed by atoms with Gasteiger partial charge in [-0.15, -0.1) is 0 Å². The molecule has 2 amide bonds. The van der Waals surface area contributed by atoms with Crippen LogP contribution >= 0.6 is 0 Å². The second kappa shape index (κ2) is 5.22. The zero-order valence-corrected chi connectivity index (χ0v) is 10.6. The average Bonchev–Trinajstić information content (AvgIpc) is 2.68. The van der Waals surface area contributed by atoms with Crippen molar-refractivity contribution in [1.29, 1.82) is 0 Å². The van der Waals surface area contributed by atoms with Gasteiger partial charge in [-0.3, -0.25) is 14.9 Å². The molecule has 0 radical (unpaired) electrons. The van der Waals surface area contributed by atoms with E-state index in [-0.39, 0.29) is 24.4 Å². The molecule has 3 N–H and O–H groups in total. The van der Waals surface area contributed by atoms with Crippen molar-refractivity contribution >= 4 is 11.8 Å². The van der Waals surface area contributed by atoms with Crippen molar-refractivity contribution < 1.29 is 9.59 Å². The summed E-state index contributed by atoms with van der Waals surface area (Å²) in [6.07, 6.45) is 0. The molecule has 18 heavy (non-hydrogen) atoms. The molecular formula is C12H18N4O2. The van der Waals surface area contributed by atoms with Gasteiger partial charge in [0.25, 0.3) is 0 Å². The fourth-order valence-electron chi connectivity index (χ4n) is 1.90. The Kier molecular flexibility index (Phi) is 3.66. The molecule has 0 aliphatic carbocycles. The minimum atomic E-state index is -0.343. The maximum atomic E-state index is 11.9. The van der Waals surface area contributed by atoms with Gasteiger partial charge in [0.05, 0.1) is 13.1 Å². The molecule has 1 aliphatic rings. The molecule has 1 aliphatic heterocycles. The fourth-order valence-corrected chi connectivity index (χ4v) is 1.90. The van der Waals surface area contributed by atoms with E-state index in [1.54, 1.807) is 0 Å². The third-order valence-electron chi connectivity index (χ3n) is 3.25. The lowest BCUT2D eigenvalue weighted by molar-refractivity contribution is -0.126. The number of carbonyl (C=O) groups excluding carboxylic acids is 2. The summed E-state index contributed by atoms with van der Waals surface area (Å²) in [7, 11) is 1.97. The number of hydrogen-bond acceptors (Lipinski definition) is 3. The number of amides is 2. The molecule has 2 heterocycles. The maximum absolute atomic E-state index is 11.9. The molecule has 1 atom stereocenters. The monoisotopic (exact) mass is 250 g/mol. The van der Waals surface area contributed by atoms with Crippen LogP contribution in [0.2, 0.25) is 0 Å². The number of hydrogen-bond donors (Lipinski definition) is 3. The second-order valence-electron chi connectivity index (χ2n) is 4.48. The van der Waals surface area contributed by atoms with Gasteiger partial charge in [0.1, 0.15) is 6.04 Å². The molecular weight excluding hydrogens is 232 g/mol. The Hall–Kier alpha value is -1.82. The summed E-state index contributed by atoms with van der Waals surface area (Å²) in [6.45, 7) is 3.05. The number of aromatic nitrogens is 1. The van der Waals surface area contributed by atoms with E-state index in [1.807, 2.05) is 30.7 Å². The van der Waals surface area contributed by atoms with Gasteiger partial charge in [0, 0.05) is 25.0 Å². The minimum Gasteiger partial charge on any atom is -0.353 e. The Balaban J connectivity index is 1.85. The minimum absolute atomic E-state index is 0.0721. The van der Waals surface area contributed by atoms with Crippen molar-refractivity contribution in [3.8, 4) is 0 Å². The van der Waals surface area contributed by atoms with E-state index in [2.05, 4.69) is 16.0 Å².